The van der Waals surface area contributed by atoms with E-state index < -0.39 is 5.97 Å². The summed E-state index contributed by atoms with van der Waals surface area (Å²) in [5.41, 5.74) is 1.06. The number of aryl methyl sites for hydroxylation is 1. The second-order valence-electron chi connectivity index (χ2n) is 3.98. The van der Waals surface area contributed by atoms with Crippen LogP contribution in [0.1, 0.15) is 31.5 Å². The Hall–Kier alpha value is -0.900. The van der Waals surface area contributed by atoms with Gasteiger partial charge >= 0.3 is 5.97 Å². The third-order valence-corrected chi connectivity index (χ3v) is 3.40. The molecule has 1 aromatic rings. The minimum absolute atomic E-state index is 0.150. The SMILES string of the molecule is CCc1csc(CC(C(=O)O)C(C)C)n1. The Balaban J connectivity index is 2.69. The molecule has 0 amide bonds. The first-order valence-corrected chi connectivity index (χ1v) is 6.08. The average molecular weight is 227 g/mol. The van der Waals surface area contributed by atoms with E-state index in [2.05, 4.69) is 11.9 Å². The predicted molar refractivity (Wildman–Crippen MR) is 61.2 cm³/mol. The molecule has 0 saturated heterocycles. The molecule has 0 aromatic carbocycles. The van der Waals surface area contributed by atoms with Crippen molar-refractivity contribution in [3.63, 3.8) is 0 Å². The van der Waals surface area contributed by atoms with Crippen molar-refractivity contribution in [3.8, 4) is 0 Å². The van der Waals surface area contributed by atoms with Gasteiger partial charge in [-0.05, 0) is 12.3 Å². The van der Waals surface area contributed by atoms with Gasteiger partial charge in [0.05, 0.1) is 16.6 Å². The molecule has 1 heterocycles. The Morgan fingerprint density at radius 1 is 1.60 bits per heavy atom. The van der Waals surface area contributed by atoms with Crippen LogP contribution in [-0.4, -0.2) is 16.1 Å². The topological polar surface area (TPSA) is 50.2 Å². The van der Waals surface area contributed by atoms with Gasteiger partial charge in [-0.3, -0.25) is 4.79 Å². The Morgan fingerprint density at radius 3 is 2.67 bits per heavy atom. The molecule has 0 radical (unpaired) electrons. The fourth-order valence-electron chi connectivity index (χ4n) is 1.40. The number of aromatic nitrogens is 1. The summed E-state index contributed by atoms with van der Waals surface area (Å²) in [6, 6.07) is 0. The van der Waals surface area contributed by atoms with Gasteiger partial charge in [-0.25, -0.2) is 4.98 Å². The third kappa shape index (κ3) is 3.30. The standard InChI is InChI=1S/C11H17NO2S/c1-4-8-6-15-10(12-8)5-9(7(2)3)11(13)14/h6-7,9H,4-5H2,1-3H3,(H,13,14). The number of nitrogens with zero attached hydrogens (tertiary/aromatic N) is 1. The number of carboxylic acids is 1. The van der Waals surface area contributed by atoms with E-state index in [-0.39, 0.29) is 11.8 Å². The van der Waals surface area contributed by atoms with Gasteiger partial charge in [-0.2, -0.15) is 0 Å². The zero-order valence-electron chi connectivity index (χ0n) is 9.36. The van der Waals surface area contributed by atoms with Gasteiger partial charge < -0.3 is 5.11 Å². The van der Waals surface area contributed by atoms with Crippen LogP contribution in [0.15, 0.2) is 5.38 Å². The van der Waals surface area contributed by atoms with Crippen molar-refractivity contribution in [1.29, 1.82) is 0 Å². The molecule has 0 fully saturated rings. The van der Waals surface area contributed by atoms with Crippen LogP contribution in [0.25, 0.3) is 0 Å². The summed E-state index contributed by atoms with van der Waals surface area (Å²) < 4.78 is 0. The number of aliphatic carboxylic acids is 1. The van der Waals surface area contributed by atoms with Crippen LogP contribution in [0.5, 0.6) is 0 Å². The summed E-state index contributed by atoms with van der Waals surface area (Å²) in [4.78, 5) is 15.4. The lowest BCUT2D eigenvalue weighted by Crippen LogP contribution is -2.22. The van der Waals surface area contributed by atoms with Crippen molar-refractivity contribution in [3.05, 3.63) is 16.1 Å². The first-order chi connectivity index (χ1) is 7.04. The maximum absolute atomic E-state index is 11.0. The molecule has 0 saturated carbocycles. The molecule has 0 bridgehead atoms. The minimum Gasteiger partial charge on any atom is -0.481 e. The summed E-state index contributed by atoms with van der Waals surface area (Å²) in [5, 5.41) is 12.0. The van der Waals surface area contributed by atoms with Gasteiger partial charge in [-0.1, -0.05) is 20.8 Å². The molecule has 1 unspecified atom stereocenters. The average Bonchev–Trinajstić information content (AvgIpc) is 2.60. The summed E-state index contributed by atoms with van der Waals surface area (Å²) >= 11 is 1.56. The van der Waals surface area contributed by atoms with E-state index in [1.807, 2.05) is 19.2 Å². The highest BCUT2D eigenvalue weighted by atomic mass is 32.1. The normalized spacial score (nSPS) is 13.1. The Bertz CT molecular complexity index is 333. The smallest absolute Gasteiger partial charge is 0.307 e. The van der Waals surface area contributed by atoms with Crippen molar-refractivity contribution in [2.24, 2.45) is 11.8 Å². The molecule has 0 aliphatic heterocycles. The number of thiazole rings is 1. The number of hydrogen-bond donors (Lipinski definition) is 1. The van der Waals surface area contributed by atoms with Crippen LogP contribution in [0.4, 0.5) is 0 Å². The molecular weight excluding hydrogens is 210 g/mol. The highest BCUT2D eigenvalue weighted by molar-refractivity contribution is 7.09. The second-order valence-corrected chi connectivity index (χ2v) is 4.92. The number of rotatable bonds is 5. The van der Waals surface area contributed by atoms with Crippen LogP contribution in [0.3, 0.4) is 0 Å². The summed E-state index contributed by atoms with van der Waals surface area (Å²) in [7, 11) is 0. The van der Waals surface area contributed by atoms with E-state index >= 15 is 0 Å². The van der Waals surface area contributed by atoms with Crippen molar-refractivity contribution in [1.82, 2.24) is 4.98 Å². The summed E-state index contributed by atoms with van der Waals surface area (Å²) in [6.07, 6.45) is 1.47. The van der Waals surface area contributed by atoms with E-state index in [0.717, 1.165) is 17.1 Å². The van der Waals surface area contributed by atoms with Gasteiger partial charge in [0, 0.05) is 11.8 Å². The van der Waals surface area contributed by atoms with Crippen molar-refractivity contribution >= 4 is 17.3 Å². The van der Waals surface area contributed by atoms with Crippen LogP contribution in [0, 0.1) is 11.8 Å². The van der Waals surface area contributed by atoms with Gasteiger partial charge in [0.25, 0.3) is 0 Å². The zero-order chi connectivity index (χ0) is 11.4. The van der Waals surface area contributed by atoms with Gasteiger partial charge in [0.1, 0.15) is 0 Å². The van der Waals surface area contributed by atoms with E-state index in [4.69, 9.17) is 5.11 Å². The molecule has 4 heteroatoms. The third-order valence-electron chi connectivity index (χ3n) is 2.48. The molecule has 1 N–H and O–H groups in total. The van der Waals surface area contributed by atoms with E-state index in [1.165, 1.54) is 0 Å². The van der Waals surface area contributed by atoms with Crippen molar-refractivity contribution in [2.45, 2.75) is 33.6 Å². The zero-order valence-corrected chi connectivity index (χ0v) is 10.2. The van der Waals surface area contributed by atoms with E-state index in [1.54, 1.807) is 11.3 Å². The number of carboxylic acid groups (broad SMARTS) is 1. The molecule has 0 aliphatic rings. The van der Waals surface area contributed by atoms with Gasteiger partial charge in [0.2, 0.25) is 0 Å². The highest BCUT2D eigenvalue weighted by Crippen LogP contribution is 2.20. The fraction of sp³-hybridized carbons (Fsp3) is 0.636. The van der Waals surface area contributed by atoms with E-state index in [0.29, 0.717) is 6.42 Å². The molecule has 3 nitrogen and oxygen atoms in total. The minimum atomic E-state index is -0.724. The van der Waals surface area contributed by atoms with Crippen LogP contribution in [-0.2, 0) is 17.6 Å². The molecule has 15 heavy (non-hydrogen) atoms. The molecular formula is C11H17NO2S. The summed E-state index contributed by atoms with van der Waals surface area (Å²) in [5.74, 6) is -0.893. The first-order valence-electron chi connectivity index (χ1n) is 5.20. The van der Waals surface area contributed by atoms with Crippen molar-refractivity contribution in [2.75, 3.05) is 0 Å². The summed E-state index contributed by atoms with van der Waals surface area (Å²) in [6.45, 7) is 5.93. The second kappa shape index (κ2) is 5.26. The maximum Gasteiger partial charge on any atom is 0.307 e. The molecule has 0 aliphatic carbocycles. The quantitative estimate of drug-likeness (QED) is 0.841. The monoisotopic (exact) mass is 227 g/mol. The van der Waals surface area contributed by atoms with Crippen LogP contribution >= 0.6 is 11.3 Å². The molecule has 1 atom stereocenters. The lowest BCUT2D eigenvalue weighted by atomic mass is 9.93. The Labute approximate surface area is 94.2 Å². The highest BCUT2D eigenvalue weighted by Gasteiger charge is 2.22. The fourth-order valence-corrected chi connectivity index (χ4v) is 2.34. The van der Waals surface area contributed by atoms with E-state index in [9.17, 15) is 4.79 Å². The number of carbonyl (C=O) groups is 1. The first kappa shape index (κ1) is 12.2. The Kier molecular flexibility index (Phi) is 4.27. The molecule has 1 aromatic heterocycles. The Morgan fingerprint density at radius 2 is 2.27 bits per heavy atom. The largest absolute Gasteiger partial charge is 0.481 e. The lowest BCUT2D eigenvalue weighted by molar-refractivity contribution is -0.143. The number of hydrogen-bond acceptors (Lipinski definition) is 3. The van der Waals surface area contributed by atoms with Gasteiger partial charge in [-0.15, -0.1) is 11.3 Å². The molecule has 0 spiro atoms. The van der Waals surface area contributed by atoms with Gasteiger partial charge in [0.15, 0.2) is 0 Å². The maximum atomic E-state index is 11.0. The van der Waals surface area contributed by atoms with Crippen LogP contribution < -0.4 is 0 Å². The van der Waals surface area contributed by atoms with Crippen LogP contribution in [0.2, 0.25) is 0 Å². The van der Waals surface area contributed by atoms with Crippen molar-refractivity contribution < 1.29 is 9.90 Å². The predicted octanol–water partition coefficient (Wildman–Crippen LogP) is 2.60. The molecule has 1 rings (SSSR count). The molecule has 84 valence electrons. The lowest BCUT2D eigenvalue weighted by Gasteiger charge is -2.14.